The lowest BCUT2D eigenvalue weighted by atomic mass is 10.4. The van der Waals surface area contributed by atoms with Crippen molar-refractivity contribution in [1.82, 2.24) is 19.5 Å². The van der Waals surface area contributed by atoms with Gasteiger partial charge in [0.15, 0.2) is 0 Å². The van der Waals surface area contributed by atoms with Crippen LogP contribution in [0.2, 0.25) is 0 Å². The van der Waals surface area contributed by atoms with E-state index >= 15 is 0 Å². The van der Waals surface area contributed by atoms with Gasteiger partial charge in [-0.15, -0.1) is 0 Å². The minimum absolute atomic E-state index is 0.283. The third-order valence-electron chi connectivity index (χ3n) is 2.38. The van der Waals surface area contributed by atoms with Gasteiger partial charge in [0.2, 0.25) is 10.0 Å². The fourth-order valence-corrected chi connectivity index (χ4v) is 2.57. The highest BCUT2D eigenvalue weighted by Gasteiger charge is 2.11. The summed E-state index contributed by atoms with van der Waals surface area (Å²) in [6.07, 6.45) is 3.72. The van der Waals surface area contributed by atoms with Crippen LogP contribution in [0.25, 0.3) is 0 Å². The predicted molar refractivity (Wildman–Crippen MR) is 66.3 cm³/mol. The Hall–Kier alpha value is -1.73. The van der Waals surface area contributed by atoms with Crippen molar-refractivity contribution in [1.29, 1.82) is 0 Å². The van der Waals surface area contributed by atoms with Gasteiger partial charge in [0, 0.05) is 13.1 Å². The van der Waals surface area contributed by atoms with Crippen LogP contribution >= 0.6 is 0 Å². The number of aromatic nitrogens is 3. The zero-order chi connectivity index (χ0) is 12.8. The molecule has 96 valence electrons. The van der Waals surface area contributed by atoms with Crippen LogP contribution in [-0.4, -0.2) is 29.7 Å². The number of aryl methyl sites for hydroxylation is 1. The molecule has 0 atom stereocenters. The number of hydrogen-bond acceptors (Lipinski definition) is 4. The Morgan fingerprint density at radius 3 is 2.67 bits per heavy atom. The van der Waals surface area contributed by atoms with Crippen LogP contribution in [0.1, 0.15) is 6.42 Å². The van der Waals surface area contributed by atoms with Gasteiger partial charge >= 0.3 is 0 Å². The largest absolute Gasteiger partial charge is 0.253 e. The summed E-state index contributed by atoms with van der Waals surface area (Å²) in [6, 6.07) is 8.32. The highest BCUT2D eigenvalue weighted by molar-refractivity contribution is 7.89. The van der Waals surface area contributed by atoms with Crippen molar-refractivity contribution in [3.8, 4) is 0 Å². The molecule has 1 heterocycles. The molecule has 1 aromatic heterocycles. The number of benzene rings is 1. The van der Waals surface area contributed by atoms with Crippen LogP contribution in [0.5, 0.6) is 0 Å². The number of hydrogen-bond donors (Lipinski definition) is 1. The van der Waals surface area contributed by atoms with Crippen molar-refractivity contribution in [2.75, 3.05) is 6.54 Å². The average Bonchev–Trinajstić information content (AvgIpc) is 2.89. The van der Waals surface area contributed by atoms with Crippen LogP contribution in [-0.2, 0) is 16.6 Å². The van der Waals surface area contributed by atoms with Crippen molar-refractivity contribution >= 4 is 10.0 Å². The molecule has 1 N–H and O–H groups in total. The summed E-state index contributed by atoms with van der Waals surface area (Å²) in [5, 5.41) is 3.94. The zero-order valence-electron chi connectivity index (χ0n) is 9.73. The maximum atomic E-state index is 11.8. The quantitative estimate of drug-likeness (QED) is 0.779. The van der Waals surface area contributed by atoms with E-state index in [-0.39, 0.29) is 4.90 Å². The fourth-order valence-electron chi connectivity index (χ4n) is 1.48. The molecule has 0 amide bonds. The molecule has 7 heteroatoms. The van der Waals surface area contributed by atoms with E-state index in [1.807, 2.05) is 0 Å². The van der Waals surface area contributed by atoms with Crippen LogP contribution in [0.3, 0.4) is 0 Å². The van der Waals surface area contributed by atoms with Gasteiger partial charge in [-0.05, 0) is 18.6 Å². The Bertz CT molecular complexity index is 566. The molecule has 0 bridgehead atoms. The molecule has 0 radical (unpaired) electrons. The van der Waals surface area contributed by atoms with Gasteiger partial charge in [-0.2, -0.15) is 5.10 Å². The molecule has 2 rings (SSSR count). The third-order valence-corrected chi connectivity index (χ3v) is 3.85. The maximum Gasteiger partial charge on any atom is 0.240 e. The molecule has 1 aromatic carbocycles. The summed E-state index contributed by atoms with van der Waals surface area (Å²) in [4.78, 5) is 4.09. The Kier molecular flexibility index (Phi) is 4.06. The minimum Gasteiger partial charge on any atom is -0.253 e. The summed E-state index contributed by atoms with van der Waals surface area (Å²) >= 11 is 0. The molecule has 0 aliphatic rings. The molecule has 0 saturated carbocycles. The van der Waals surface area contributed by atoms with E-state index < -0.39 is 10.0 Å². The molecule has 18 heavy (non-hydrogen) atoms. The monoisotopic (exact) mass is 266 g/mol. The molecule has 0 fully saturated rings. The van der Waals surface area contributed by atoms with Gasteiger partial charge in [-0.25, -0.2) is 18.1 Å². The van der Waals surface area contributed by atoms with E-state index in [1.54, 1.807) is 41.3 Å². The van der Waals surface area contributed by atoms with Crippen LogP contribution in [0.15, 0.2) is 47.9 Å². The van der Waals surface area contributed by atoms with E-state index in [9.17, 15) is 8.42 Å². The number of sulfonamides is 1. The van der Waals surface area contributed by atoms with E-state index in [2.05, 4.69) is 14.8 Å². The van der Waals surface area contributed by atoms with Gasteiger partial charge in [0.25, 0.3) is 0 Å². The topological polar surface area (TPSA) is 76.9 Å². The van der Waals surface area contributed by atoms with Crippen LogP contribution in [0, 0.1) is 0 Å². The molecule has 0 unspecified atom stereocenters. The average molecular weight is 266 g/mol. The number of nitrogens with zero attached hydrogens (tertiary/aromatic N) is 3. The summed E-state index contributed by atoms with van der Waals surface area (Å²) in [5.74, 6) is 0. The second-order valence-corrected chi connectivity index (χ2v) is 5.49. The van der Waals surface area contributed by atoms with Crippen molar-refractivity contribution in [2.24, 2.45) is 0 Å². The van der Waals surface area contributed by atoms with Gasteiger partial charge < -0.3 is 0 Å². The highest BCUT2D eigenvalue weighted by atomic mass is 32.2. The molecule has 0 aliphatic heterocycles. The van der Waals surface area contributed by atoms with Crippen LogP contribution in [0.4, 0.5) is 0 Å². The van der Waals surface area contributed by atoms with E-state index in [1.165, 1.54) is 6.33 Å². The molecule has 0 spiro atoms. The normalized spacial score (nSPS) is 11.6. The highest BCUT2D eigenvalue weighted by Crippen LogP contribution is 2.06. The first-order chi connectivity index (χ1) is 8.68. The first kappa shape index (κ1) is 12.7. The van der Waals surface area contributed by atoms with Crippen molar-refractivity contribution in [3.05, 3.63) is 43.0 Å². The molecular formula is C11H14N4O2S. The molecule has 0 aliphatic carbocycles. The summed E-state index contributed by atoms with van der Waals surface area (Å²) in [6.45, 7) is 1.01. The number of nitrogens with one attached hydrogen (secondary N) is 1. The van der Waals surface area contributed by atoms with Gasteiger partial charge in [0.05, 0.1) is 4.90 Å². The third kappa shape index (κ3) is 3.38. The van der Waals surface area contributed by atoms with Crippen molar-refractivity contribution < 1.29 is 8.42 Å². The Labute approximate surface area is 106 Å². The molecule has 2 aromatic rings. The Morgan fingerprint density at radius 2 is 2.00 bits per heavy atom. The Morgan fingerprint density at radius 1 is 1.22 bits per heavy atom. The summed E-state index contributed by atoms with van der Waals surface area (Å²) < 4.78 is 27.9. The van der Waals surface area contributed by atoms with Crippen LogP contribution < -0.4 is 4.72 Å². The van der Waals surface area contributed by atoms with Gasteiger partial charge in [0.1, 0.15) is 12.7 Å². The van der Waals surface area contributed by atoms with Gasteiger partial charge in [-0.1, -0.05) is 18.2 Å². The van der Waals surface area contributed by atoms with Gasteiger partial charge in [-0.3, -0.25) is 4.68 Å². The van der Waals surface area contributed by atoms with E-state index in [0.717, 1.165) is 0 Å². The smallest absolute Gasteiger partial charge is 0.240 e. The molecular weight excluding hydrogens is 252 g/mol. The lowest BCUT2D eigenvalue weighted by molar-refractivity contribution is 0.552. The Balaban J connectivity index is 1.83. The van der Waals surface area contributed by atoms with Crippen molar-refractivity contribution in [3.63, 3.8) is 0 Å². The zero-order valence-corrected chi connectivity index (χ0v) is 10.5. The summed E-state index contributed by atoms with van der Waals surface area (Å²) in [5.41, 5.74) is 0. The lowest BCUT2D eigenvalue weighted by Crippen LogP contribution is -2.25. The molecule has 0 saturated heterocycles. The lowest BCUT2D eigenvalue weighted by Gasteiger charge is -2.06. The predicted octanol–water partition coefficient (Wildman–Crippen LogP) is 0.647. The standard InChI is InChI=1S/C11H14N4O2S/c16-18(17,11-5-2-1-3-6-11)14-7-4-8-15-10-12-9-13-15/h1-3,5-6,9-10,14H,4,7-8H2. The minimum atomic E-state index is -3.40. The first-order valence-corrected chi connectivity index (χ1v) is 7.04. The summed E-state index contributed by atoms with van der Waals surface area (Å²) in [7, 11) is -3.40. The fraction of sp³-hybridized carbons (Fsp3) is 0.273. The van der Waals surface area contributed by atoms with E-state index in [4.69, 9.17) is 0 Å². The second kappa shape index (κ2) is 5.74. The second-order valence-electron chi connectivity index (χ2n) is 3.72. The number of rotatable bonds is 6. The molecule has 6 nitrogen and oxygen atoms in total. The SMILES string of the molecule is O=S(=O)(NCCCn1cncn1)c1ccccc1. The first-order valence-electron chi connectivity index (χ1n) is 5.55. The van der Waals surface area contributed by atoms with E-state index in [0.29, 0.717) is 19.5 Å². The maximum absolute atomic E-state index is 11.8. The van der Waals surface area contributed by atoms with Crippen molar-refractivity contribution in [2.45, 2.75) is 17.9 Å².